The van der Waals surface area contributed by atoms with Gasteiger partial charge in [-0.1, -0.05) is 0 Å². The van der Waals surface area contributed by atoms with Gasteiger partial charge in [-0.15, -0.1) is 0 Å². The predicted octanol–water partition coefficient (Wildman–Crippen LogP) is -0.208. The molecule has 0 saturated heterocycles. The number of phenolic OH excluding ortho intramolecular Hbond substituents is 2. The molecule has 0 aliphatic heterocycles. The summed E-state index contributed by atoms with van der Waals surface area (Å²) in [5, 5.41) is 26.1. The number of phenols is 2. The fourth-order valence-electron chi connectivity index (χ4n) is 1.60. The number of hydrogen-bond acceptors (Lipinski definition) is 5. The molecule has 0 radical (unpaired) electrons. The van der Waals surface area contributed by atoms with Gasteiger partial charge in [-0.3, -0.25) is 15.0 Å². The van der Waals surface area contributed by atoms with Crippen LogP contribution in [0.4, 0.5) is 0 Å². The minimum Gasteiger partial charge on any atom is -0.504 e. The highest BCUT2D eigenvalue weighted by molar-refractivity contribution is 6.43. The molecule has 1 heterocycles. The summed E-state index contributed by atoms with van der Waals surface area (Å²) >= 11 is 0. The first-order chi connectivity index (χ1) is 8.43. The summed E-state index contributed by atoms with van der Waals surface area (Å²) < 4.78 is 0. The summed E-state index contributed by atoms with van der Waals surface area (Å²) in [4.78, 5) is 25.5. The van der Waals surface area contributed by atoms with Gasteiger partial charge < -0.3 is 20.9 Å². The lowest BCUT2D eigenvalue weighted by molar-refractivity contribution is -0.112. The van der Waals surface area contributed by atoms with Crippen LogP contribution in [0.5, 0.6) is 11.5 Å². The van der Waals surface area contributed by atoms with E-state index in [9.17, 15) is 19.8 Å². The van der Waals surface area contributed by atoms with Crippen LogP contribution < -0.4 is 11.2 Å². The number of rotatable bonds is 2. The average molecular weight is 247 g/mol. The van der Waals surface area contributed by atoms with Crippen LogP contribution in [0.15, 0.2) is 23.1 Å². The molecule has 1 amide bonds. The molecule has 0 bridgehead atoms. The number of pyridine rings is 1. The highest BCUT2D eigenvalue weighted by atomic mass is 16.3. The molecule has 92 valence electrons. The number of hydrogen-bond donors (Lipinski definition) is 5. The molecule has 18 heavy (non-hydrogen) atoms. The maximum Gasteiger partial charge on any atom is 0.267 e. The number of nitrogens with two attached hydrogens (primary N) is 1. The molecule has 2 rings (SSSR count). The van der Waals surface area contributed by atoms with Crippen LogP contribution in [0.2, 0.25) is 0 Å². The zero-order valence-electron chi connectivity index (χ0n) is 9.02. The molecule has 0 spiro atoms. The van der Waals surface area contributed by atoms with Crippen molar-refractivity contribution in [1.29, 1.82) is 5.41 Å². The number of primary amides is 1. The Morgan fingerprint density at radius 1 is 1.33 bits per heavy atom. The summed E-state index contributed by atoms with van der Waals surface area (Å²) in [6, 6.07) is 2.61. The maximum absolute atomic E-state index is 12.0. The number of fused-ring (bicyclic) bond motifs is 1. The van der Waals surface area contributed by atoms with Crippen LogP contribution in [0.1, 0.15) is 5.56 Å². The molecule has 0 unspecified atom stereocenters. The van der Waals surface area contributed by atoms with Crippen LogP contribution in [0.3, 0.4) is 0 Å². The fraction of sp³-hybridized carbons (Fsp3) is 0. The third-order valence-corrected chi connectivity index (χ3v) is 2.52. The van der Waals surface area contributed by atoms with Gasteiger partial charge >= 0.3 is 0 Å². The lowest BCUT2D eigenvalue weighted by Crippen LogP contribution is -2.28. The first-order valence-corrected chi connectivity index (χ1v) is 4.88. The van der Waals surface area contributed by atoms with Crippen LogP contribution in [-0.4, -0.2) is 26.8 Å². The molecular weight excluding hydrogens is 238 g/mol. The molecule has 0 fully saturated rings. The zero-order chi connectivity index (χ0) is 13.4. The summed E-state index contributed by atoms with van der Waals surface area (Å²) in [5.74, 6) is -2.12. The van der Waals surface area contributed by atoms with Crippen molar-refractivity contribution >= 4 is 22.5 Å². The number of aromatic amines is 1. The van der Waals surface area contributed by atoms with Crippen molar-refractivity contribution in [1.82, 2.24) is 4.98 Å². The van der Waals surface area contributed by atoms with Crippen molar-refractivity contribution in [2.45, 2.75) is 0 Å². The predicted molar refractivity (Wildman–Crippen MR) is 63.9 cm³/mol. The largest absolute Gasteiger partial charge is 0.504 e. The van der Waals surface area contributed by atoms with Crippen LogP contribution in [-0.2, 0) is 4.79 Å². The van der Waals surface area contributed by atoms with E-state index in [2.05, 4.69) is 4.98 Å². The van der Waals surface area contributed by atoms with Gasteiger partial charge in [-0.2, -0.15) is 0 Å². The van der Waals surface area contributed by atoms with E-state index in [1.807, 2.05) is 0 Å². The normalized spacial score (nSPS) is 10.4. The third kappa shape index (κ3) is 1.58. The number of carbonyl (C=O) groups is 1. The standard InChI is InChI=1S/C11H9N3O4/c12-8(11(13)18)4-3-14-5-1-2-6(15)10(17)7(5)9(4)16/h1-3,12,15,17H,(H2,13,18)(H,14,16). The monoisotopic (exact) mass is 247 g/mol. The Balaban J connectivity index is 2.87. The number of H-pyrrole nitrogens is 1. The second-order valence-corrected chi connectivity index (χ2v) is 3.63. The number of aromatic nitrogens is 1. The van der Waals surface area contributed by atoms with Crippen LogP contribution in [0.25, 0.3) is 10.9 Å². The smallest absolute Gasteiger partial charge is 0.267 e. The van der Waals surface area contributed by atoms with Gasteiger partial charge in [0.1, 0.15) is 5.71 Å². The lowest BCUT2D eigenvalue weighted by Gasteiger charge is -2.05. The van der Waals surface area contributed by atoms with E-state index in [1.54, 1.807) is 0 Å². The second-order valence-electron chi connectivity index (χ2n) is 3.63. The van der Waals surface area contributed by atoms with Gasteiger partial charge in [0.05, 0.1) is 16.5 Å². The number of amides is 1. The first kappa shape index (κ1) is 11.6. The zero-order valence-corrected chi connectivity index (χ0v) is 9.02. The Morgan fingerprint density at radius 3 is 2.61 bits per heavy atom. The topological polar surface area (TPSA) is 140 Å². The lowest BCUT2D eigenvalue weighted by atomic mass is 10.1. The van der Waals surface area contributed by atoms with E-state index < -0.39 is 28.5 Å². The van der Waals surface area contributed by atoms with Gasteiger partial charge in [0.2, 0.25) is 5.43 Å². The molecule has 6 N–H and O–H groups in total. The SMILES string of the molecule is N=C(C(N)=O)c1c[nH]c2ccc(O)c(O)c2c1=O. The Labute approximate surface area is 100.0 Å². The van der Waals surface area contributed by atoms with E-state index in [0.717, 1.165) is 6.20 Å². The van der Waals surface area contributed by atoms with Crippen molar-refractivity contribution in [3.63, 3.8) is 0 Å². The highest BCUT2D eigenvalue weighted by Crippen LogP contribution is 2.30. The van der Waals surface area contributed by atoms with E-state index in [-0.39, 0.29) is 16.5 Å². The van der Waals surface area contributed by atoms with Crippen molar-refractivity contribution in [3.8, 4) is 11.5 Å². The summed E-state index contributed by atoms with van der Waals surface area (Å²) in [5.41, 5.74) is 3.51. The van der Waals surface area contributed by atoms with Crippen molar-refractivity contribution in [3.05, 3.63) is 34.1 Å². The number of carbonyl (C=O) groups excluding carboxylic acids is 1. The minimum absolute atomic E-state index is 0.196. The van der Waals surface area contributed by atoms with Crippen LogP contribution in [0, 0.1) is 5.41 Å². The van der Waals surface area contributed by atoms with Crippen molar-refractivity contribution in [2.75, 3.05) is 0 Å². The summed E-state index contributed by atoms with van der Waals surface area (Å²) in [6.07, 6.45) is 1.16. The fourth-order valence-corrected chi connectivity index (χ4v) is 1.60. The summed E-state index contributed by atoms with van der Waals surface area (Å²) in [7, 11) is 0. The Morgan fingerprint density at radius 2 is 2.00 bits per heavy atom. The first-order valence-electron chi connectivity index (χ1n) is 4.88. The molecule has 1 aromatic heterocycles. The van der Waals surface area contributed by atoms with E-state index >= 15 is 0 Å². The Hall–Kier alpha value is -2.83. The van der Waals surface area contributed by atoms with Crippen molar-refractivity contribution in [2.24, 2.45) is 5.73 Å². The van der Waals surface area contributed by atoms with E-state index in [1.165, 1.54) is 12.1 Å². The Bertz CT molecular complexity index is 733. The molecule has 0 aliphatic carbocycles. The molecule has 1 aromatic carbocycles. The van der Waals surface area contributed by atoms with E-state index in [4.69, 9.17) is 11.1 Å². The molecule has 7 heteroatoms. The molecule has 7 nitrogen and oxygen atoms in total. The Kier molecular flexibility index (Phi) is 2.51. The maximum atomic E-state index is 12.0. The molecule has 0 saturated carbocycles. The minimum atomic E-state index is -1.06. The molecule has 2 aromatic rings. The molecule has 0 atom stereocenters. The van der Waals surface area contributed by atoms with Crippen LogP contribution >= 0.6 is 0 Å². The average Bonchev–Trinajstić information content (AvgIpc) is 2.33. The van der Waals surface area contributed by atoms with Gasteiger partial charge in [0, 0.05) is 6.20 Å². The van der Waals surface area contributed by atoms with Gasteiger partial charge in [0.15, 0.2) is 11.5 Å². The quantitative estimate of drug-likeness (QED) is 0.370. The van der Waals surface area contributed by atoms with Crippen molar-refractivity contribution < 1.29 is 15.0 Å². The second kappa shape index (κ2) is 3.88. The van der Waals surface area contributed by atoms with E-state index in [0.29, 0.717) is 0 Å². The van der Waals surface area contributed by atoms with Gasteiger partial charge in [-0.05, 0) is 12.1 Å². The van der Waals surface area contributed by atoms with Gasteiger partial charge in [0.25, 0.3) is 5.91 Å². The summed E-state index contributed by atoms with van der Waals surface area (Å²) in [6.45, 7) is 0. The highest BCUT2D eigenvalue weighted by Gasteiger charge is 2.17. The number of benzene rings is 1. The molecular formula is C11H9N3O4. The van der Waals surface area contributed by atoms with Gasteiger partial charge in [-0.25, -0.2) is 0 Å². The molecule has 0 aliphatic rings. The third-order valence-electron chi connectivity index (χ3n) is 2.52. The number of nitrogens with one attached hydrogen (secondary N) is 2. The number of aromatic hydroxyl groups is 2.